The number of hydrogen-bond donors (Lipinski definition) is 1. The van der Waals surface area contributed by atoms with Gasteiger partial charge in [-0.05, 0) is 74.2 Å². The normalized spacial score (nSPS) is 11.8. The van der Waals surface area contributed by atoms with Gasteiger partial charge < -0.3 is 5.32 Å². The van der Waals surface area contributed by atoms with E-state index in [0.717, 1.165) is 24.1 Å². The molecule has 0 radical (unpaired) electrons. The minimum absolute atomic E-state index is 0.0145. The molecule has 0 bridgehead atoms. The zero-order valence-electron chi connectivity index (χ0n) is 20.9. The van der Waals surface area contributed by atoms with Crippen LogP contribution in [0.3, 0.4) is 0 Å². The van der Waals surface area contributed by atoms with Crippen molar-refractivity contribution in [1.29, 1.82) is 0 Å². The van der Waals surface area contributed by atoms with Crippen molar-refractivity contribution >= 4 is 29.1 Å². The Kier molecular flexibility index (Phi) is 7.95. The summed E-state index contributed by atoms with van der Waals surface area (Å²) in [5, 5.41) is 12.2. The SMILES string of the molecule is CCc1cccc(CC)c1-n1c(SC(C)C(=O)Nc2ccc(C(C)=O)cc2)nnc1-c1cccnc1. The largest absolute Gasteiger partial charge is 0.325 e. The molecule has 4 rings (SSSR count). The summed E-state index contributed by atoms with van der Waals surface area (Å²) >= 11 is 1.36. The summed E-state index contributed by atoms with van der Waals surface area (Å²) in [6.07, 6.45) is 5.21. The highest BCUT2D eigenvalue weighted by atomic mass is 32.2. The molecule has 1 unspecified atom stereocenters. The van der Waals surface area contributed by atoms with Crippen LogP contribution in [0.1, 0.15) is 49.2 Å². The van der Waals surface area contributed by atoms with Gasteiger partial charge in [0.1, 0.15) is 0 Å². The van der Waals surface area contributed by atoms with Gasteiger partial charge in [0.25, 0.3) is 0 Å². The summed E-state index contributed by atoms with van der Waals surface area (Å²) in [4.78, 5) is 28.8. The fourth-order valence-electron chi connectivity index (χ4n) is 3.98. The van der Waals surface area contributed by atoms with Gasteiger partial charge in [0, 0.05) is 29.2 Å². The number of nitrogens with zero attached hydrogens (tertiary/aromatic N) is 4. The number of thioether (sulfide) groups is 1. The van der Waals surface area contributed by atoms with Crippen LogP contribution >= 0.6 is 11.8 Å². The van der Waals surface area contributed by atoms with Crippen LogP contribution in [0.4, 0.5) is 5.69 Å². The molecule has 36 heavy (non-hydrogen) atoms. The topological polar surface area (TPSA) is 89.8 Å². The number of hydrogen-bond acceptors (Lipinski definition) is 6. The third-order valence-corrected chi connectivity index (χ3v) is 6.99. The van der Waals surface area contributed by atoms with Gasteiger partial charge in [-0.15, -0.1) is 10.2 Å². The zero-order valence-corrected chi connectivity index (χ0v) is 21.7. The predicted molar refractivity (Wildman–Crippen MR) is 144 cm³/mol. The summed E-state index contributed by atoms with van der Waals surface area (Å²) in [6, 6.07) is 17.0. The molecule has 0 aliphatic heterocycles. The average Bonchev–Trinajstić information content (AvgIpc) is 3.31. The molecule has 7 nitrogen and oxygen atoms in total. The van der Waals surface area contributed by atoms with E-state index >= 15 is 0 Å². The van der Waals surface area contributed by atoms with E-state index < -0.39 is 5.25 Å². The van der Waals surface area contributed by atoms with Crippen LogP contribution < -0.4 is 5.32 Å². The van der Waals surface area contributed by atoms with Crippen molar-refractivity contribution in [3.8, 4) is 17.1 Å². The molecule has 0 saturated carbocycles. The van der Waals surface area contributed by atoms with E-state index in [0.29, 0.717) is 22.2 Å². The van der Waals surface area contributed by atoms with Crippen molar-refractivity contribution in [2.75, 3.05) is 5.32 Å². The first-order chi connectivity index (χ1) is 17.4. The van der Waals surface area contributed by atoms with Gasteiger partial charge in [-0.2, -0.15) is 0 Å². The number of carbonyl (C=O) groups excluding carboxylic acids is 2. The van der Waals surface area contributed by atoms with Crippen LogP contribution in [-0.2, 0) is 17.6 Å². The maximum atomic E-state index is 13.0. The summed E-state index contributed by atoms with van der Waals surface area (Å²) in [5.74, 6) is 0.514. The summed E-state index contributed by atoms with van der Waals surface area (Å²) in [7, 11) is 0. The number of pyridine rings is 1. The molecular formula is C28H29N5O2S. The fourth-order valence-corrected chi connectivity index (χ4v) is 4.83. The van der Waals surface area contributed by atoms with E-state index in [1.807, 2.05) is 19.1 Å². The number of aromatic nitrogens is 4. The minimum Gasteiger partial charge on any atom is -0.325 e. The van der Waals surface area contributed by atoms with Crippen molar-refractivity contribution in [1.82, 2.24) is 19.7 Å². The maximum absolute atomic E-state index is 13.0. The highest BCUT2D eigenvalue weighted by molar-refractivity contribution is 8.00. The van der Waals surface area contributed by atoms with Crippen LogP contribution in [0, 0.1) is 0 Å². The molecule has 0 aliphatic carbocycles. The Labute approximate surface area is 215 Å². The lowest BCUT2D eigenvalue weighted by Crippen LogP contribution is -2.23. The third kappa shape index (κ3) is 5.39. The standard InChI is InChI=1S/C28H29N5O2S/c1-5-20-9-7-10-21(6-2)25(20)33-26(23-11-8-16-29-17-23)31-32-28(33)36-19(4)27(35)30-24-14-12-22(13-15-24)18(3)34/h7-17,19H,5-6H2,1-4H3,(H,30,35). The lowest BCUT2D eigenvalue weighted by Gasteiger charge is -2.19. The van der Waals surface area contributed by atoms with Gasteiger partial charge in [0.2, 0.25) is 5.91 Å². The van der Waals surface area contributed by atoms with Crippen LogP contribution in [0.5, 0.6) is 0 Å². The van der Waals surface area contributed by atoms with Crippen molar-refractivity contribution in [3.63, 3.8) is 0 Å². The average molecular weight is 500 g/mol. The molecular weight excluding hydrogens is 470 g/mol. The summed E-state index contributed by atoms with van der Waals surface area (Å²) in [5.41, 5.74) is 5.52. The Balaban J connectivity index is 1.69. The molecule has 8 heteroatoms. The Hall–Kier alpha value is -3.78. The maximum Gasteiger partial charge on any atom is 0.237 e. The molecule has 1 amide bonds. The molecule has 1 atom stereocenters. The molecule has 1 N–H and O–H groups in total. The first-order valence-electron chi connectivity index (χ1n) is 12.0. The predicted octanol–water partition coefficient (Wildman–Crippen LogP) is 5.78. The van der Waals surface area contributed by atoms with Crippen molar-refractivity contribution < 1.29 is 9.59 Å². The highest BCUT2D eigenvalue weighted by Gasteiger charge is 2.24. The second kappa shape index (κ2) is 11.3. The van der Waals surface area contributed by atoms with Gasteiger partial charge >= 0.3 is 0 Å². The van der Waals surface area contributed by atoms with E-state index in [-0.39, 0.29) is 11.7 Å². The van der Waals surface area contributed by atoms with E-state index in [2.05, 4.69) is 57.1 Å². The Morgan fingerprint density at radius 3 is 2.25 bits per heavy atom. The number of ketones is 1. The van der Waals surface area contributed by atoms with Crippen molar-refractivity contribution in [2.24, 2.45) is 0 Å². The molecule has 0 saturated heterocycles. The Morgan fingerprint density at radius 2 is 1.67 bits per heavy atom. The monoisotopic (exact) mass is 499 g/mol. The quantitative estimate of drug-likeness (QED) is 0.232. The molecule has 4 aromatic rings. The fraction of sp³-hybridized carbons (Fsp3) is 0.250. The number of carbonyl (C=O) groups is 2. The smallest absolute Gasteiger partial charge is 0.237 e. The van der Waals surface area contributed by atoms with Gasteiger partial charge in [-0.3, -0.25) is 19.1 Å². The minimum atomic E-state index is -0.443. The second-order valence-electron chi connectivity index (χ2n) is 8.40. The van der Waals surface area contributed by atoms with Crippen molar-refractivity contribution in [3.05, 3.63) is 83.7 Å². The number of anilines is 1. The molecule has 0 fully saturated rings. The number of aryl methyl sites for hydroxylation is 2. The first-order valence-corrected chi connectivity index (χ1v) is 12.9. The van der Waals surface area contributed by atoms with E-state index in [1.54, 1.807) is 36.7 Å². The highest BCUT2D eigenvalue weighted by Crippen LogP contribution is 2.33. The Morgan fingerprint density at radius 1 is 0.972 bits per heavy atom. The second-order valence-corrected chi connectivity index (χ2v) is 9.71. The van der Waals surface area contributed by atoms with Crippen LogP contribution in [0.25, 0.3) is 17.1 Å². The summed E-state index contributed by atoms with van der Waals surface area (Å²) < 4.78 is 2.06. The third-order valence-electron chi connectivity index (χ3n) is 5.95. The molecule has 2 aromatic heterocycles. The molecule has 0 aliphatic rings. The molecule has 0 spiro atoms. The summed E-state index contributed by atoms with van der Waals surface area (Å²) in [6.45, 7) is 7.63. The van der Waals surface area contributed by atoms with Gasteiger partial charge in [-0.25, -0.2) is 0 Å². The first kappa shape index (κ1) is 25.3. The number of benzene rings is 2. The molecule has 184 valence electrons. The zero-order chi connectivity index (χ0) is 25.7. The number of amides is 1. The lowest BCUT2D eigenvalue weighted by atomic mass is 10.0. The number of Topliss-reactive ketones (excluding diaryl/α,β-unsaturated/α-hetero) is 1. The van der Waals surface area contributed by atoms with Crippen LogP contribution in [0.15, 0.2) is 72.1 Å². The number of nitrogens with one attached hydrogen (secondary N) is 1. The number of rotatable bonds is 9. The lowest BCUT2D eigenvalue weighted by molar-refractivity contribution is -0.115. The van der Waals surface area contributed by atoms with E-state index in [4.69, 9.17) is 0 Å². The van der Waals surface area contributed by atoms with Crippen LogP contribution in [-0.4, -0.2) is 36.7 Å². The van der Waals surface area contributed by atoms with Gasteiger partial charge in [-0.1, -0.05) is 43.8 Å². The van der Waals surface area contributed by atoms with E-state index in [9.17, 15) is 9.59 Å². The Bertz CT molecular complexity index is 1340. The van der Waals surface area contributed by atoms with Gasteiger partial charge in [0.15, 0.2) is 16.8 Å². The van der Waals surface area contributed by atoms with Gasteiger partial charge in [0.05, 0.1) is 10.9 Å². The molecule has 2 aromatic carbocycles. The van der Waals surface area contributed by atoms with E-state index in [1.165, 1.54) is 29.8 Å². The number of para-hydroxylation sites is 1. The van der Waals surface area contributed by atoms with Crippen LogP contribution in [0.2, 0.25) is 0 Å². The molecule has 2 heterocycles. The van der Waals surface area contributed by atoms with Crippen molar-refractivity contribution in [2.45, 2.75) is 50.9 Å².